The van der Waals surface area contributed by atoms with Crippen LogP contribution < -0.4 is 10.1 Å². The maximum absolute atomic E-state index is 14.0. The van der Waals surface area contributed by atoms with Gasteiger partial charge in [0, 0.05) is 25.6 Å². The number of amides is 1. The van der Waals surface area contributed by atoms with Crippen molar-refractivity contribution in [1.29, 1.82) is 0 Å². The fourth-order valence-electron chi connectivity index (χ4n) is 3.92. The normalized spacial score (nSPS) is 16.7. The van der Waals surface area contributed by atoms with Gasteiger partial charge in [-0.25, -0.2) is 12.8 Å². The van der Waals surface area contributed by atoms with E-state index in [-0.39, 0.29) is 35.9 Å². The first kappa shape index (κ1) is 24.2. The van der Waals surface area contributed by atoms with Crippen molar-refractivity contribution in [3.63, 3.8) is 0 Å². The Labute approximate surface area is 189 Å². The Morgan fingerprint density at radius 3 is 2.34 bits per heavy atom. The van der Waals surface area contributed by atoms with Gasteiger partial charge in [0.05, 0.1) is 13.2 Å². The van der Waals surface area contributed by atoms with E-state index < -0.39 is 15.8 Å². The first-order valence-electron chi connectivity index (χ1n) is 10.6. The van der Waals surface area contributed by atoms with E-state index in [9.17, 15) is 17.6 Å². The minimum Gasteiger partial charge on any atom is -0.497 e. The van der Waals surface area contributed by atoms with Crippen molar-refractivity contribution < 1.29 is 22.3 Å². The van der Waals surface area contributed by atoms with Crippen LogP contribution in [0.25, 0.3) is 0 Å². The number of carbonyl (C=O) groups is 1. The number of carbonyl (C=O) groups excluding carboxylic acids is 1. The smallest absolute Gasteiger partial charge is 0.245 e. The van der Waals surface area contributed by atoms with Crippen molar-refractivity contribution >= 4 is 15.9 Å². The number of sulfonamides is 1. The van der Waals surface area contributed by atoms with E-state index in [0.29, 0.717) is 19.4 Å². The van der Waals surface area contributed by atoms with E-state index >= 15 is 0 Å². The average Bonchev–Trinajstić information content (AvgIpc) is 2.79. The number of ether oxygens (including phenoxy) is 1. The molecule has 1 atom stereocenters. The highest BCUT2D eigenvalue weighted by atomic mass is 32.2. The SMILES string of the molecule is COc1ccc(C(CNC(=O)C2CCN(S(=O)(=O)c3ccccc3F)CC2)N(C)C)cc1. The molecule has 2 aromatic carbocycles. The molecule has 1 saturated heterocycles. The van der Waals surface area contributed by atoms with Crippen molar-refractivity contribution in [2.24, 2.45) is 5.92 Å². The second kappa shape index (κ2) is 10.4. The zero-order valence-corrected chi connectivity index (χ0v) is 19.4. The lowest BCUT2D eigenvalue weighted by atomic mass is 9.97. The number of rotatable bonds is 8. The van der Waals surface area contributed by atoms with Crippen LogP contribution in [-0.2, 0) is 14.8 Å². The number of methoxy groups -OCH3 is 1. The molecule has 0 spiro atoms. The summed E-state index contributed by atoms with van der Waals surface area (Å²) in [6.45, 7) is 0.806. The topological polar surface area (TPSA) is 79.0 Å². The van der Waals surface area contributed by atoms with Gasteiger partial charge in [-0.2, -0.15) is 4.31 Å². The Morgan fingerprint density at radius 2 is 1.78 bits per heavy atom. The molecular formula is C23H30FN3O4S. The van der Waals surface area contributed by atoms with Crippen LogP contribution in [-0.4, -0.2) is 64.4 Å². The lowest BCUT2D eigenvalue weighted by Gasteiger charge is -2.31. The van der Waals surface area contributed by atoms with Gasteiger partial charge in [-0.05, 0) is 56.8 Å². The number of likely N-dealkylation sites (N-methyl/N-ethyl adjacent to an activating group) is 1. The number of nitrogens with one attached hydrogen (secondary N) is 1. The molecule has 1 N–H and O–H groups in total. The number of benzene rings is 2. The van der Waals surface area contributed by atoms with Crippen molar-refractivity contribution in [3.8, 4) is 5.75 Å². The number of hydrogen-bond acceptors (Lipinski definition) is 5. The molecule has 0 bridgehead atoms. The molecular weight excluding hydrogens is 433 g/mol. The highest BCUT2D eigenvalue weighted by molar-refractivity contribution is 7.89. The number of hydrogen-bond donors (Lipinski definition) is 1. The molecule has 1 amide bonds. The lowest BCUT2D eigenvalue weighted by molar-refractivity contribution is -0.126. The predicted molar refractivity (Wildman–Crippen MR) is 120 cm³/mol. The van der Waals surface area contributed by atoms with Gasteiger partial charge in [0.2, 0.25) is 15.9 Å². The quantitative estimate of drug-likeness (QED) is 0.651. The zero-order valence-electron chi connectivity index (χ0n) is 18.6. The summed E-state index contributed by atoms with van der Waals surface area (Å²) >= 11 is 0. The number of halogens is 1. The fourth-order valence-corrected chi connectivity index (χ4v) is 5.45. The van der Waals surface area contributed by atoms with Gasteiger partial charge in [0.15, 0.2) is 0 Å². The Bertz CT molecular complexity index is 1020. The Balaban J connectivity index is 1.57. The van der Waals surface area contributed by atoms with Gasteiger partial charge in [-0.1, -0.05) is 24.3 Å². The minimum absolute atomic E-state index is 0.00798. The van der Waals surface area contributed by atoms with Crippen LogP contribution >= 0.6 is 0 Å². The van der Waals surface area contributed by atoms with Crippen LogP contribution in [0.15, 0.2) is 53.4 Å². The van der Waals surface area contributed by atoms with Crippen LogP contribution in [0.3, 0.4) is 0 Å². The van der Waals surface area contributed by atoms with Crippen molar-refractivity contribution in [2.75, 3.05) is 40.8 Å². The van der Waals surface area contributed by atoms with Crippen LogP contribution in [0.5, 0.6) is 5.75 Å². The minimum atomic E-state index is -3.91. The largest absolute Gasteiger partial charge is 0.497 e. The second-order valence-corrected chi connectivity index (χ2v) is 10.0. The summed E-state index contributed by atoms with van der Waals surface area (Å²) in [5.41, 5.74) is 1.06. The van der Waals surface area contributed by atoms with Gasteiger partial charge in [0.25, 0.3) is 0 Å². The molecule has 1 aliphatic heterocycles. The first-order valence-corrected chi connectivity index (χ1v) is 12.0. The number of nitrogens with zero attached hydrogens (tertiary/aromatic N) is 2. The molecule has 0 radical (unpaired) electrons. The summed E-state index contributed by atoms with van der Waals surface area (Å²) in [5.74, 6) is -0.359. The standard InChI is InChI=1S/C23H30FN3O4S/c1-26(2)21(17-8-10-19(31-3)11-9-17)16-25-23(28)18-12-14-27(15-13-18)32(29,30)22-7-5-4-6-20(22)24/h4-11,18,21H,12-16H2,1-3H3,(H,25,28). The molecule has 0 aromatic heterocycles. The summed E-state index contributed by atoms with van der Waals surface area (Å²) < 4.78 is 45.9. The van der Waals surface area contributed by atoms with Crippen molar-refractivity contribution in [3.05, 3.63) is 59.9 Å². The maximum Gasteiger partial charge on any atom is 0.245 e. The first-order chi connectivity index (χ1) is 15.2. The lowest BCUT2D eigenvalue weighted by Crippen LogP contribution is -2.44. The van der Waals surface area contributed by atoms with Gasteiger partial charge < -0.3 is 15.0 Å². The van der Waals surface area contributed by atoms with Crippen LogP contribution in [0.4, 0.5) is 4.39 Å². The molecule has 174 valence electrons. The van der Waals surface area contributed by atoms with Crippen molar-refractivity contribution in [2.45, 2.75) is 23.8 Å². The Hall–Kier alpha value is -2.49. The van der Waals surface area contributed by atoms with E-state index in [1.165, 1.54) is 22.5 Å². The predicted octanol–water partition coefficient (Wildman–Crippen LogP) is 2.65. The average molecular weight is 464 g/mol. The highest BCUT2D eigenvalue weighted by Gasteiger charge is 2.33. The molecule has 1 unspecified atom stereocenters. The molecule has 1 aliphatic rings. The van der Waals surface area contributed by atoms with Gasteiger partial charge in [0.1, 0.15) is 16.5 Å². The molecule has 2 aromatic rings. The molecule has 32 heavy (non-hydrogen) atoms. The van der Waals surface area contributed by atoms with E-state index in [0.717, 1.165) is 17.4 Å². The van der Waals surface area contributed by atoms with Crippen molar-refractivity contribution in [1.82, 2.24) is 14.5 Å². The van der Waals surface area contributed by atoms with Crippen LogP contribution in [0.2, 0.25) is 0 Å². The monoisotopic (exact) mass is 463 g/mol. The van der Waals surface area contributed by atoms with Gasteiger partial charge in [-0.3, -0.25) is 4.79 Å². The molecule has 1 heterocycles. The third kappa shape index (κ3) is 5.46. The highest BCUT2D eigenvalue weighted by Crippen LogP contribution is 2.26. The molecule has 3 rings (SSSR count). The number of piperidine rings is 1. The van der Waals surface area contributed by atoms with Crippen LogP contribution in [0, 0.1) is 11.7 Å². The summed E-state index contributed by atoms with van der Waals surface area (Å²) in [6.07, 6.45) is 0.795. The van der Waals surface area contributed by atoms with E-state index in [4.69, 9.17) is 4.74 Å². The molecule has 0 aliphatic carbocycles. The van der Waals surface area contributed by atoms with E-state index in [1.54, 1.807) is 7.11 Å². The Kier molecular flexibility index (Phi) is 7.86. The van der Waals surface area contributed by atoms with Gasteiger partial charge in [-0.15, -0.1) is 0 Å². The summed E-state index contributed by atoms with van der Waals surface area (Å²) in [5, 5.41) is 3.02. The molecule has 0 saturated carbocycles. The second-order valence-electron chi connectivity index (χ2n) is 8.11. The summed E-state index contributed by atoms with van der Waals surface area (Å²) in [6, 6.07) is 13.1. The molecule has 7 nitrogen and oxygen atoms in total. The zero-order chi connectivity index (χ0) is 23.3. The summed E-state index contributed by atoms with van der Waals surface area (Å²) in [4.78, 5) is 14.5. The summed E-state index contributed by atoms with van der Waals surface area (Å²) in [7, 11) is 1.61. The Morgan fingerprint density at radius 1 is 1.16 bits per heavy atom. The third-order valence-electron chi connectivity index (χ3n) is 5.87. The molecule has 1 fully saturated rings. The maximum atomic E-state index is 14.0. The van der Waals surface area contributed by atoms with Gasteiger partial charge >= 0.3 is 0 Å². The van der Waals surface area contributed by atoms with Crippen LogP contribution in [0.1, 0.15) is 24.4 Å². The fraction of sp³-hybridized carbons (Fsp3) is 0.435. The molecule has 9 heteroatoms. The van der Waals surface area contributed by atoms with E-state index in [2.05, 4.69) is 5.32 Å². The third-order valence-corrected chi connectivity index (χ3v) is 7.80. The van der Waals surface area contributed by atoms with E-state index in [1.807, 2.05) is 43.3 Å².